The maximum absolute atomic E-state index is 12.3. The quantitative estimate of drug-likeness (QED) is 0.819. The van der Waals surface area contributed by atoms with Crippen molar-refractivity contribution in [2.75, 3.05) is 5.75 Å². The fourth-order valence-corrected chi connectivity index (χ4v) is 4.98. The Morgan fingerprint density at radius 1 is 1.12 bits per heavy atom. The van der Waals surface area contributed by atoms with Gasteiger partial charge < -0.3 is 9.88 Å². The van der Waals surface area contributed by atoms with Crippen molar-refractivity contribution in [3.8, 4) is 0 Å². The van der Waals surface area contributed by atoms with Crippen molar-refractivity contribution >= 4 is 17.7 Å². The Kier molecular flexibility index (Phi) is 6.19. The summed E-state index contributed by atoms with van der Waals surface area (Å²) in [6.45, 7) is 4.27. The summed E-state index contributed by atoms with van der Waals surface area (Å²) >= 11 is 1.54. The lowest BCUT2D eigenvalue weighted by atomic mass is 9.86. The van der Waals surface area contributed by atoms with E-state index in [-0.39, 0.29) is 5.91 Å². The van der Waals surface area contributed by atoms with Crippen molar-refractivity contribution in [3.63, 3.8) is 0 Å². The average molecular weight is 351 g/mol. The van der Waals surface area contributed by atoms with E-state index in [1.54, 1.807) is 0 Å². The Morgan fingerprint density at radius 3 is 2.58 bits per heavy atom. The minimum atomic E-state index is 0.134. The summed E-state index contributed by atoms with van der Waals surface area (Å²) in [4.78, 5) is 12.3. The first-order valence-corrected chi connectivity index (χ1v) is 10.5. The lowest BCUT2D eigenvalue weighted by Gasteiger charge is -2.29. The lowest BCUT2D eigenvalue weighted by molar-refractivity contribution is -0.119. The zero-order valence-corrected chi connectivity index (χ0v) is 15.8. The third kappa shape index (κ3) is 4.32. The number of hydrogen-bond donors (Lipinski definition) is 1. The van der Waals surface area contributed by atoms with Crippen LogP contribution in [0.25, 0.3) is 0 Å². The van der Waals surface area contributed by atoms with Gasteiger partial charge in [0.2, 0.25) is 5.91 Å². The highest BCUT2D eigenvalue weighted by molar-refractivity contribution is 7.99. The van der Waals surface area contributed by atoms with E-state index in [1.165, 1.54) is 63.1 Å². The largest absolute Gasteiger partial charge is 0.352 e. The summed E-state index contributed by atoms with van der Waals surface area (Å²) in [5.41, 5.74) is 0. The van der Waals surface area contributed by atoms with Gasteiger partial charge in [0.1, 0.15) is 5.82 Å². The molecule has 0 spiro atoms. The van der Waals surface area contributed by atoms with Crippen LogP contribution in [-0.4, -0.2) is 32.5 Å². The molecule has 0 radical (unpaired) electrons. The van der Waals surface area contributed by atoms with Gasteiger partial charge in [-0.2, -0.15) is 0 Å². The summed E-state index contributed by atoms with van der Waals surface area (Å²) in [6.07, 6.45) is 11.2. The predicted octanol–water partition coefficient (Wildman–Crippen LogP) is 3.88. The first kappa shape index (κ1) is 17.8. The van der Waals surface area contributed by atoms with Crippen molar-refractivity contribution in [1.29, 1.82) is 0 Å². The van der Waals surface area contributed by atoms with Crippen LogP contribution >= 0.6 is 11.8 Å². The Labute approximate surface area is 149 Å². The van der Waals surface area contributed by atoms with Crippen molar-refractivity contribution < 1.29 is 4.79 Å². The van der Waals surface area contributed by atoms with E-state index in [4.69, 9.17) is 0 Å². The third-order valence-corrected chi connectivity index (χ3v) is 6.51. The minimum absolute atomic E-state index is 0.134. The predicted molar refractivity (Wildman–Crippen MR) is 97.2 cm³/mol. The van der Waals surface area contributed by atoms with Gasteiger partial charge in [-0.1, -0.05) is 50.8 Å². The number of aryl methyl sites for hydroxylation is 1. The molecule has 2 aliphatic rings. The standard InChI is InChI=1S/C18H30N4OS/c1-13-8-6-7-11-16(13)19-17(23)12-24-18-21-20-14(2)22(18)15-9-4-3-5-10-15/h13,15-16H,3-12H2,1-2H3,(H,19,23)/t13-,16-/m1/s1. The second-order valence-electron chi connectivity index (χ2n) is 7.42. The van der Waals surface area contributed by atoms with Crippen molar-refractivity contribution in [2.45, 2.75) is 88.9 Å². The topological polar surface area (TPSA) is 59.8 Å². The molecule has 0 aliphatic heterocycles. The summed E-state index contributed by atoms with van der Waals surface area (Å²) in [7, 11) is 0. The van der Waals surface area contributed by atoms with Gasteiger partial charge >= 0.3 is 0 Å². The van der Waals surface area contributed by atoms with E-state index < -0.39 is 0 Å². The van der Waals surface area contributed by atoms with Gasteiger partial charge in [-0.25, -0.2) is 0 Å². The molecule has 1 aromatic rings. The van der Waals surface area contributed by atoms with Crippen LogP contribution in [0.4, 0.5) is 0 Å². The minimum Gasteiger partial charge on any atom is -0.352 e. The fraction of sp³-hybridized carbons (Fsp3) is 0.833. The Hall–Kier alpha value is -1.04. The molecule has 3 rings (SSSR count). The molecule has 134 valence electrons. The Morgan fingerprint density at radius 2 is 1.83 bits per heavy atom. The van der Waals surface area contributed by atoms with Gasteiger partial charge in [0.15, 0.2) is 5.16 Å². The highest BCUT2D eigenvalue weighted by atomic mass is 32.2. The van der Waals surface area contributed by atoms with E-state index in [0.717, 1.165) is 17.4 Å². The van der Waals surface area contributed by atoms with E-state index in [9.17, 15) is 4.79 Å². The number of carbonyl (C=O) groups is 1. The number of thioether (sulfide) groups is 1. The molecular formula is C18H30N4OS. The Balaban J connectivity index is 1.55. The molecule has 2 fully saturated rings. The Bertz CT molecular complexity index is 553. The van der Waals surface area contributed by atoms with Crippen LogP contribution in [0.3, 0.4) is 0 Å². The molecular weight excluding hydrogens is 320 g/mol. The molecule has 1 aromatic heterocycles. The van der Waals surface area contributed by atoms with Crippen molar-refractivity contribution in [1.82, 2.24) is 20.1 Å². The normalized spacial score (nSPS) is 25.6. The van der Waals surface area contributed by atoms with Gasteiger partial charge in [0, 0.05) is 12.1 Å². The molecule has 24 heavy (non-hydrogen) atoms. The van der Waals surface area contributed by atoms with Crippen molar-refractivity contribution in [2.24, 2.45) is 5.92 Å². The molecule has 0 bridgehead atoms. The SMILES string of the molecule is Cc1nnc(SCC(=O)N[C@@H]2CCCC[C@H]2C)n1C1CCCCC1. The zero-order valence-electron chi connectivity index (χ0n) is 15.0. The molecule has 6 heteroatoms. The van der Waals surface area contributed by atoms with Gasteiger partial charge in [0.25, 0.3) is 0 Å². The molecule has 2 aliphatic carbocycles. The van der Waals surface area contributed by atoms with Crippen LogP contribution in [0, 0.1) is 12.8 Å². The number of nitrogens with one attached hydrogen (secondary N) is 1. The number of aromatic nitrogens is 3. The molecule has 2 atom stereocenters. The second-order valence-corrected chi connectivity index (χ2v) is 8.36. The maximum atomic E-state index is 12.3. The molecule has 5 nitrogen and oxygen atoms in total. The monoisotopic (exact) mass is 350 g/mol. The van der Waals surface area contributed by atoms with E-state index in [2.05, 4.69) is 27.0 Å². The smallest absolute Gasteiger partial charge is 0.230 e. The van der Waals surface area contributed by atoms with Crippen LogP contribution in [-0.2, 0) is 4.79 Å². The number of amides is 1. The summed E-state index contributed by atoms with van der Waals surface area (Å²) in [6, 6.07) is 0.863. The van der Waals surface area contributed by atoms with Gasteiger partial charge in [-0.3, -0.25) is 4.79 Å². The number of hydrogen-bond acceptors (Lipinski definition) is 4. The van der Waals surface area contributed by atoms with E-state index >= 15 is 0 Å². The number of carbonyl (C=O) groups excluding carboxylic acids is 1. The molecule has 0 aromatic carbocycles. The lowest BCUT2D eigenvalue weighted by Crippen LogP contribution is -2.41. The van der Waals surface area contributed by atoms with Crippen LogP contribution in [0.5, 0.6) is 0 Å². The zero-order chi connectivity index (χ0) is 16.9. The summed E-state index contributed by atoms with van der Waals surface area (Å²) in [5.74, 6) is 2.15. The maximum Gasteiger partial charge on any atom is 0.230 e. The second kappa shape index (κ2) is 8.37. The number of nitrogens with zero attached hydrogens (tertiary/aromatic N) is 3. The highest BCUT2D eigenvalue weighted by Crippen LogP contribution is 2.32. The molecule has 1 heterocycles. The highest BCUT2D eigenvalue weighted by Gasteiger charge is 2.24. The van der Waals surface area contributed by atoms with E-state index in [1.807, 2.05) is 6.92 Å². The van der Waals surface area contributed by atoms with Gasteiger partial charge in [-0.05, 0) is 38.5 Å². The third-order valence-electron chi connectivity index (χ3n) is 5.57. The molecule has 1 N–H and O–H groups in total. The van der Waals surface area contributed by atoms with Crippen LogP contribution in [0.15, 0.2) is 5.16 Å². The molecule has 1 amide bonds. The van der Waals surface area contributed by atoms with Crippen LogP contribution in [0.1, 0.15) is 76.6 Å². The van der Waals surface area contributed by atoms with Crippen LogP contribution < -0.4 is 5.32 Å². The van der Waals surface area contributed by atoms with E-state index in [0.29, 0.717) is 23.8 Å². The first-order valence-electron chi connectivity index (χ1n) is 9.49. The molecule has 0 saturated heterocycles. The first-order chi connectivity index (χ1) is 11.6. The average Bonchev–Trinajstić information content (AvgIpc) is 2.96. The van der Waals surface area contributed by atoms with Gasteiger partial charge in [-0.15, -0.1) is 10.2 Å². The molecule has 0 unspecified atom stereocenters. The van der Waals surface area contributed by atoms with Gasteiger partial charge in [0.05, 0.1) is 5.75 Å². The summed E-state index contributed by atoms with van der Waals surface area (Å²) < 4.78 is 2.26. The van der Waals surface area contributed by atoms with Crippen LogP contribution in [0.2, 0.25) is 0 Å². The summed E-state index contributed by atoms with van der Waals surface area (Å²) in [5, 5.41) is 12.7. The van der Waals surface area contributed by atoms with Crippen molar-refractivity contribution in [3.05, 3.63) is 5.82 Å². The fourth-order valence-electron chi connectivity index (χ4n) is 4.12. The number of rotatable bonds is 5. The molecule has 2 saturated carbocycles.